The van der Waals surface area contributed by atoms with E-state index in [4.69, 9.17) is 4.84 Å². The number of thiazole rings is 1. The van der Waals surface area contributed by atoms with Crippen LogP contribution in [0.25, 0.3) is 0 Å². The fourth-order valence-electron chi connectivity index (χ4n) is 3.71. The minimum absolute atomic E-state index is 0.231. The monoisotopic (exact) mass is 457 g/mol. The summed E-state index contributed by atoms with van der Waals surface area (Å²) in [4.78, 5) is 21.2. The summed E-state index contributed by atoms with van der Waals surface area (Å²) in [5.41, 5.74) is 2.35. The molecule has 0 spiro atoms. The molecule has 0 atom stereocenters. The Balaban J connectivity index is 1.87. The van der Waals surface area contributed by atoms with Crippen LogP contribution in [0.3, 0.4) is 0 Å². The van der Waals surface area contributed by atoms with E-state index in [0.717, 1.165) is 16.7 Å². The first-order valence-electron chi connectivity index (χ1n) is 10.5. The molecule has 0 radical (unpaired) electrons. The highest BCUT2D eigenvalue weighted by molar-refractivity contribution is 7.14. The van der Waals surface area contributed by atoms with Crippen LogP contribution in [0.4, 0.5) is 5.13 Å². The first-order chi connectivity index (χ1) is 16.1. The summed E-state index contributed by atoms with van der Waals surface area (Å²) < 4.78 is 0. The van der Waals surface area contributed by atoms with Crippen LogP contribution < -0.4 is 5.32 Å². The number of hydrogen-bond donors (Lipinski definition) is 2. The first-order valence-corrected chi connectivity index (χ1v) is 11.4. The Morgan fingerprint density at radius 3 is 1.85 bits per heavy atom. The Labute approximate surface area is 196 Å². The zero-order valence-electron chi connectivity index (χ0n) is 18.0. The van der Waals surface area contributed by atoms with Gasteiger partial charge in [-0.1, -0.05) is 96.2 Å². The van der Waals surface area contributed by atoms with Gasteiger partial charge in [-0.15, -0.1) is 11.3 Å². The van der Waals surface area contributed by atoms with E-state index >= 15 is 0 Å². The fraction of sp³-hybridized carbons (Fsp3) is 0.115. The summed E-state index contributed by atoms with van der Waals surface area (Å²) in [7, 11) is 0. The molecule has 1 aromatic heterocycles. The summed E-state index contributed by atoms with van der Waals surface area (Å²) in [6, 6.07) is 30.4. The molecule has 33 heavy (non-hydrogen) atoms. The molecular formula is C26H23N3O3S. The second-order valence-electron chi connectivity index (χ2n) is 7.17. The van der Waals surface area contributed by atoms with Gasteiger partial charge in [0.05, 0.1) is 0 Å². The van der Waals surface area contributed by atoms with Crippen molar-refractivity contribution < 1.29 is 14.7 Å². The molecule has 1 heterocycles. The van der Waals surface area contributed by atoms with Crippen molar-refractivity contribution in [3.8, 4) is 0 Å². The number of oxime groups is 1. The summed E-state index contributed by atoms with van der Waals surface area (Å²) in [5, 5.41) is 19.2. The van der Waals surface area contributed by atoms with Gasteiger partial charge < -0.3 is 15.3 Å². The summed E-state index contributed by atoms with van der Waals surface area (Å²) in [5.74, 6) is -1.19. The van der Waals surface area contributed by atoms with Gasteiger partial charge in [-0.2, -0.15) is 0 Å². The van der Waals surface area contributed by atoms with E-state index in [1.54, 1.807) is 12.3 Å². The highest BCUT2D eigenvalue weighted by Gasteiger charge is 2.37. The number of carbonyl (C=O) groups is 1. The molecular weight excluding hydrogens is 434 g/mol. The third-order valence-electron chi connectivity index (χ3n) is 5.15. The average Bonchev–Trinajstić information content (AvgIpc) is 3.32. The number of rotatable bonds is 9. The lowest BCUT2D eigenvalue weighted by molar-refractivity contribution is -0.129. The van der Waals surface area contributed by atoms with Crippen LogP contribution in [0.1, 0.15) is 29.3 Å². The summed E-state index contributed by atoms with van der Waals surface area (Å²) in [6.45, 7) is 2.01. The number of nitrogens with zero attached hydrogens (tertiary/aromatic N) is 2. The number of benzene rings is 3. The Hall–Kier alpha value is -3.97. The van der Waals surface area contributed by atoms with Crippen molar-refractivity contribution in [1.82, 2.24) is 4.98 Å². The molecule has 6 nitrogen and oxygen atoms in total. The number of carboxylic acids is 1. The molecule has 0 fully saturated rings. The van der Waals surface area contributed by atoms with Crippen molar-refractivity contribution in [2.24, 2.45) is 5.16 Å². The maximum absolute atomic E-state index is 11.7. The Morgan fingerprint density at radius 2 is 1.42 bits per heavy atom. The Morgan fingerprint density at radius 1 is 0.939 bits per heavy atom. The molecule has 0 unspecified atom stereocenters. The maximum atomic E-state index is 11.7. The predicted octanol–water partition coefficient (Wildman–Crippen LogP) is 5.37. The minimum atomic E-state index is -1.19. The maximum Gasteiger partial charge on any atom is 0.360 e. The van der Waals surface area contributed by atoms with Crippen molar-refractivity contribution in [2.45, 2.75) is 12.5 Å². The van der Waals surface area contributed by atoms with E-state index in [0.29, 0.717) is 5.13 Å². The topological polar surface area (TPSA) is 83.8 Å². The highest BCUT2D eigenvalue weighted by Crippen LogP contribution is 2.40. The molecule has 166 valence electrons. The number of carboxylic acid groups (broad SMARTS) is 1. The standard InChI is InChI=1S/C26H23N3O3S/c1-2-32-29-23(24(30)31)22-18-33-25(27-22)28-26(19-12-6-3-7-13-19,20-14-8-4-9-15-20)21-16-10-5-11-17-21/h3-18H,2H2,1H3,(H,27,28)(H,30,31). The van der Waals surface area contributed by atoms with Gasteiger partial charge in [0, 0.05) is 5.38 Å². The van der Waals surface area contributed by atoms with Crippen molar-refractivity contribution >= 4 is 28.1 Å². The summed E-state index contributed by atoms with van der Waals surface area (Å²) >= 11 is 1.32. The van der Waals surface area contributed by atoms with Gasteiger partial charge in [-0.3, -0.25) is 0 Å². The lowest BCUT2D eigenvalue weighted by atomic mass is 9.77. The van der Waals surface area contributed by atoms with E-state index in [2.05, 4.69) is 51.9 Å². The lowest BCUT2D eigenvalue weighted by Crippen LogP contribution is -2.38. The zero-order chi connectivity index (χ0) is 23.1. The van der Waals surface area contributed by atoms with Crippen LogP contribution in [0.2, 0.25) is 0 Å². The van der Waals surface area contributed by atoms with Gasteiger partial charge in [0.2, 0.25) is 5.71 Å². The third kappa shape index (κ3) is 4.63. The third-order valence-corrected chi connectivity index (χ3v) is 5.91. The molecule has 0 aliphatic rings. The van der Waals surface area contributed by atoms with Gasteiger partial charge in [0.25, 0.3) is 0 Å². The van der Waals surface area contributed by atoms with Gasteiger partial charge >= 0.3 is 5.97 Å². The van der Waals surface area contributed by atoms with Crippen LogP contribution in [-0.2, 0) is 15.2 Å². The Kier molecular flexibility index (Phi) is 6.80. The molecule has 0 saturated carbocycles. The number of aliphatic carboxylic acids is 1. The average molecular weight is 458 g/mol. The number of nitrogens with one attached hydrogen (secondary N) is 1. The van der Waals surface area contributed by atoms with Crippen molar-refractivity contribution in [1.29, 1.82) is 0 Å². The number of anilines is 1. The number of hydrogen-bond acceptors (Lipinski definition) is 6. The molecule has 0 saturated heterocycles. The molecule has 3 aromatic carbocycles. The van der Waals surface area contributed by atoms with Gasteiger partial charge in [0.1, 0.15) is 17.8 Å². The molecule has 0 aliphatic heterocycles. The molecule has 2 N–H and O–H groups in total. The van der Waals surface area contributed by atoms with Crippen LogP contribution >= 0.6 is 11.3 Å². The van der Waals surface area contributed by atoms with Crippen molar-refractivity contribution in [3.05, 3.63) is 119 Å². The van der Waals surface area contributed by atoms with Gasteiger partial charge in [-0.25, -0.2) is 9.78 Å². The van der Waals surface area contributed by atoms with E-state index < -0.39 is 11.5 Å². The largest absolute Gasteiger partial charge is 0.476 e. The molecule has 0 amide bonds. The number of aromatic nitrogens is 1. The fourth-order valence-corrected chi connectivity index (χ4v) is 4.46. The van der Waals surface area contributed by atoms with Gasteiger partial charge in [0.15, 0.2) is 5.13 Å². The van der Waals surface area contributed by atoms with Crippen LogP contribution in [0, 0.1) is 0 Å². The summed E-state index contributed by atoms with van der Waals surface area (Å²) in [6.07, 6.45) is 0. The zero-order valence-corrected chi connectivity index (χ0v) is 18.8. The van der Waals surface area contributed by atoms with Crippen molar-refractivity contribution in [3.63, 3.8) is 0 Å². The lowest BCUT2D eigenvalue weighted by Gasteiger charge is -2.36. The van der Waals surface area contributed by atoms with Crippen molar-refractivity contribution in [2.75, 3.05) is 11.9 Å². The molecule has 0 aliphatic carbocycles. The van der Waals surface area contributed by atoms with Crippen LogP contribution in [0.15, 0.2) is 102 Å². The smallest absolute Gasteiger partial charge is 0.360 e. The minimum Gasteiger partial charge on any atom is -0.476 e. The van der Waals surface area contributed by atoms with E-state index in [-0.39, 0.29) is 18.0 Å². The van der Waals surface area contributed by atoms with Crippen LogP contribution in [-0.4, -0.2) is 28.4 Å². The second kappa shape index (κ2) is 10.1. The highest BCUT2D eigenvalue weighted by atomic mass is 32.1. The van der Waals surface area contributed by atoms with E-state index in [1.165, 1.54) is 11.3 Å². The van der Waals surface area contributed by atoms with Crippen LogP contribution in [0.5, 0.6) is 0 Å². The van der Waals surface area contributed by atoms with E-state index in [1.807, 2.05) is 54.6 Å². The molecule has 4 rings (SSSR count). The Bertz CT molecular complexity index is 1130. The molecule has 7 heteroatoms. The first kappa shape index (κ1) is 22.2. The molecule has 0 bridgehead atoms. The molecule has 4 aromatic rings. The second-order valence-corrected chi connectivity index (χ2v) is 8.03. The SMILES string of the molecule is CCON=C(C(=O)O)c1csc(NC(c2ccccc2)(c2ccccc2)c2ccccc2)n1. The van der Waals surface area contributed by atoms with Gasteiger partial charge in [-0.05, 0) is 23.6 Å². The quantitative estimate of drug-likeness (QED) is 0.200. The normalized spacial score (nSPS) is 11.7. The predicted molar refractivity (Wildman–Crippen MR) is 131 cm³/mol. The van der Waals surface area contributed by atoms with E-state index in [9.17, 15) is 9.90 Å².